The van der Waals surface area contributed by atoms with Crippen LogP contribution in [0.2, 0.25) is 0 Å². The molecular weight excluding hydrogens is 241 g/mol. The van der Waals surface area contributed by atoms with E-state index in [0.29, 0.717) is 4.90 Å². The van der Waals surface area contributed by atoms with Crippen LogP contribution in [0.3, 0.4) is 0 Å². The number of nitrogens with one attached hydrogen (secondary N) is 1. The fraction of sp³-hybridized carbons (Fsp3) is 0.667. The molecule has 0 radical (unpaired) electrons. The van der Waals surface area contributed by atoms with Crippen molar-refractivity contribution in [2.24, 2.45) is 0 Å². The summed E-state index contributed by atoms with van der Waals surface area (Å²) in [6.45, 7) is 1.03. The molecule has 1 saturated heterocycles. The Morgan fingerprint density at radius 1 is 1.47 bits per heavy atom. The summed E-state index contributed by atoms with van der Waals surface area (Å²) in [6.07, 6.45) is -6.15. The minimum Gasteiger partial charge on any atom is -0.321 e. The largest absolute Gasteiger partial charge is 0.397 e. The lowest BCUT2D eigenvalue weighted by molar-refractivity contribution is -0.168. The van der Waals surface area contributed by atoms with Gasteiger partial charge in [0.15, 0.2) is 0 Å². The van der Waals surface area contributed by atoms with Gasteiger partial charge in [-0.25, -0.2) is 0 Å². The molecular formula is C9H11F3N2O3. The van der Waals surface area contributed by atoms with E-state index in [0.717, 1.165) is 0 Å². The maximum atomic E-state index is 12.1. The molecule has 1 heterocycles. The third-order valence-corrected chi connectivity index (χ3v) is 2.31. The third-order valence-electron chi connectivity index (χ3n) is 2.31. The summed E-state index contributed by atoms with van der Waals surface area (Å²) >= 11 is 0. The molecule has 96 valence electrons. The topological polar surface area (TPSA) is 66.5 Å². The molecule has 3 amide bonds. The van der Waals surface area contributed by atoms with Crippen molar-refractivity contribution in [2.75, 3.05) is 6.54 Å². The highest BCUT2D eigenvalue weighted by molar-refractivity contribution is 6.04. The Labute approximate surface area is 94.9 Å². The standard InChI is InChI=1S/C9H11F3N2O3/c1-2-5-8(17)13-6(15)4-14(5)7(16)3-9(10,11)12/h5H,2-4H2,1H3,(H,13,15,17). The molecule has 0 aromatic carbocycles. The van der Waals surface area contributed by atoms with Crippen LogP contribution in [0.5, 0.6) is 0 Å². The van der Waals surface area contributed by atoms with Crippen LogP contribution in [-0.4, -0.2) is 41.4 Å². The molecule has 1 rings (SSSR count). The molecule has 0 saturated carbocycles. The second-order valence-corrected chi connectivity index (χ2v) is 3.65. The lowest BCUT2D eigenvalue weighted by atomic mass is 10.1. The lowest BCUT2D eigenvalue weighted by Gasteiger charge is -2.33. The van der Waals surface area contributed by atoms with Crippen molar-refractivity contribution >= 4 is 17.7 Å². The summed E-state index contributed by atoms with van der Waals surface area (Å²) in [4.78, 5) is 34.3. The van der Waals surface area contributed by atoms with Gasteiger partial charge in [0.2, 0.25) is 17.7 Å². The molecule has 17 heavy (non-hydrogen) atoms. The van der Waals surface area contributed by atoms with Crippen LogP contribution in [0.4, 0.5) is 13.2 Å². The van der Waals surface area contributed by atoms with Crippen LogP contribution in [0.25, 0.3) is 0 Å². The van der Waals surface area contributed by atoms with Crippen molar-refractivity contribution in [3.63, 3.8) is 0 Å². The fourth-order valence-electron chi connectivity index (χ4n) is 1.61. The Kier molecular flexibility index (Phi) is 3.74. The van der Waals surface area contributed by atoms with Gasteiger partial charge < -0.3 is 4.90 Å². The number of carbonyl (C=O) groups is 3. The first-order valence-electron chi connectivity index (χ1n) is 4.94. The van der Waals surface area contributed by atoms with E-state index < -0.39 is 42.9 Å². The molecule has 0 bridgehead atoms. The molecule has 1 aliphatic rings. The number of nitrogens with zero attached hydrogens (tertiary/aromatic N) is 1. The molecule has 1 unspecified atom stereocenters. The maximum Gasteiger partial charge on any atom is 0.397 e. The minimum absolute atomic E-state index is 0.155. The van der Waals surface area contributed by atoms with Crippen molar-refractivity contribution in [3.8, 4) is 0 Å². The lowest BCUT2D eigenvalue weighted by Crippen LogP contribution is -2.59. The Bertz CT molecular complexity index is 354. The van der Waals surface area contributed by atoms with Crippen LogP contribution in [-0.2, 0) is 14.4 Å². The third kappa shape index (κ3) is 3.43. The summed E-state index contributed by atoms with van der Waals surface area (Å²) in [5.74, 6) is -2.76. The number of alkyl halides is 3. The first-order valence-corrected chi connectivity index (χ1v) is 4.94. The highest BCUT2D eigenvalue weighted by atomic mass is 19.4. The average molecular weight is 252 g/mol. The highest BCUT2D eigenvalue weighted by Crippen LogP contribution is 2.22. The first kappa shape index (κ1) is 13.5. The van der Waals surface area contributed by atoms with Gasteiger partial charge in [-0.15, -0.1) is 0 Å². The molecule has 5 nitrogen and oxygen atoms in total. The normalized spacial score (nSPS) is 21.4. The van der Waals surface area contributed by atoms with Crippen molar-refractivity contribution in [2.45, 2.75) is 32.0 Å². The second-order valence-electron chi connectivity index (χ2n) is 3.65. The first-order chi connectivity index (χ1) is 7.74. The number of hydrogen-bond donors (Lipinski definition) is 1. The van der Waals surface area contributed by atoms with Gasteiger partial charge in [-0.1, -0.05) is 6.92 Å². The zero-order valence-electron chi connectivity index (χ0n) is 9.00. The Morgan fingerprint density at radius 3 is 2.53 bits per heavy atom. The highest BCUT2D eigenvalue weighted by Gasteiger charge is 2.40. The van der Waals surface area contributed by atoms with Gasteiger partial charge in [0.1, 0.15) is 19.0 Å². The van der Waals surface area contributed by atoms with Crippen LogP contribution in [0, 0.1) is 0 Å². The predicted molar refractivity (Wildman–Crippen MR) is 49.6 cm³/mol. The molecule has 1 aliphatic heterocycles. The number of amides is 3. The number of piperazine rings is 1. The van der Waals surface area contributed by atoms with E-state index in [4.69, 9.17) is 0 Å². The summed E-state index contributed by atoms with van der Waals surface area (Å²) < 4.78 is 36.2. The summed E-state index contributed by atoms with van der Waals surface area (Å²) in [5, 5.41) is 1.97. The Balaban J connectivity index is 2.81. The monoisotopic (exact) mass is 252 g/mol. The summed E-state index contributed by atoms with van der Waals surface area (Å²) in [7, 11) is 0. The van der Waals surface area contributed by atoms with E-state index in [1.807, 2.05) is 5.32 Å². The smallest absolute Gasteiger partial charge is 0.321 e. The summed E-state index contributed by atoms with van der Waals surface area (Å²) in [5.41, 5.74) is 0. The van der Waals surface area contributed by atoms with Crippen LogP contribution in [0.15, 0.2) is 0 Å². The number of carbonyl (C=O) groups excluding carboxylic acids is 3. The fourth-order valence-corrected chi connectivity index (χ4v) is 1.61. The minimum atomic E-state index is -4.65. The van der Waals surface area contributed by atoms with Crippen molar-refractivity contribution < 1.29 is 27.6 Å². The molecule has 0 aliphatic carbocycles. The van der Waals surface area contributed by atoms with Crippen molar-refractivity contribution in [1.82, 2.24) is 10.2 Å². The number of hydrogen-bond acceptors (Lipinski definition) is 3. The van der Waals surface area contributed by atoms with Crippen LogP contribution < -0.4 is 5.32 Å². The van der Waals surface area contributed by atoms with Gasteiger partial charge in [-0.2, -0.15) is 13.2 Å². The van der Waals surface area contributed by atoms with Crippen LogP contribution in [0.1, 0.15) is 19.8 Å². The van der Waals surface area contributed by atoms with Crippen LogP contribution >= 0.6 is 0 Å². The Morgan fingerprint density at radius 2 is 2.06 bits per heavy atom. The Hall–Kier alpha value is -1.60. The van der Waals surface area contributed by atoms with E-state index in [9.17, 15) is 27.6 Å². The average Bonchev–Trinajstić information content (AvgIpc) is 2.13. The van der Waals surface area contributed by atoms with E-state index >= 15 is 0 Å². The molecule has 1 N–H and O–H groups in total. The van der Waals surface area contributed by atoms with Gasteiger partial charge in [-0.05, 0) is 6.42 Å². The van der Waals surface area contributed by atoms with E-state index in [1.54, 1.807) is 6.92 Å². The van der Waals surface area contributed by atoms with E-state index in [2.05, 4.69) is 0 Å². The quantitative estimate of drug-likeness (QED) is 0.714. The van der Waals surface area contributed by atoms with E-state index in [-0.39, 0.29) is 6.42 Å². The van der Waals surface area contributed by atoms with E-state index in [1.165, 1.54) is 0 Å². The maximum absolute atomic E-state index is 12.1. The van der Waals surface area contributed by atoms with Gasteiger partial charge in [0.05, 0.1) is 0 Å². The zero-order chi connectivity index (χ0) is 13.2. The molecule has 1 atom stereocenters. The van der Waals surface area contributed by atoms with Crippen molar-refractivity contribution in [3.05, 3.63) is 0 Å². The molecule has 1 fully saturated rings. The predicted octanol–water partition coefficient (Wildman–Crippen LogP) is 0.202. The van der Waals surface area contributed by atoms with Gasteiger partial charge in [0.25, 0.3) is 0 Å². The SMILES string of the molecule is CCC1C(=O)NC(=O)CN1C(=O)CC(F)(F)F. The molecule has 0 spiro atoms. The second kappa shape index (κ2) is 4.72. The van der Waals surface area contributed by atoms with Gasteiger partial charge >= 0.3 is 6.18 Å². The molecule has 0 aromatic rings. The number of imide groups is 1. The van der Waals surface area contributed by atoms with Crippen molar-refractivity contribution in [1.29, 1.82) is 0 Å². The zero-order valence-corrected chi connectivity index (χ0v) is 9.00. The van der Waals surface area contributed by atoms with Gasteiger partial charge in [-0.3, -0.25) is 19.7 Å². The molecule has 8 heteroatoms. The number of rotatable bonds is 2. The van der Waals surface area contributed by atoms with Gasteiger partial charge in [0, 0.05) is 0 Å². The summed E-state index contributed by atoms with van der Waals surface area (Å²) in [6, 6.07) is -1.01. The number of halogens is 3. The molecule has 0 aromatic heterocycles.